The zero-order valence-corrected chi connectivity index (χ0v) is 18.5. The van der Waals surface area contributed by atoms with E-state index in [4.69, 9.17) is 24.2 Å². The summed E-state index contributed by atoms with van der Waals surface area (Å²) in [6.07, 6.45) is 0. The first-order valence-corrected chi connectivity index (χ1v) is 10.2. The molecule has 166 valence electrons. The lowest BCUT2D eigenvalue weighted by atomic mass is 10.1. The van der Waals surface area contributed by atoms with Gasteiger partial charge in [0.25, 0.3) is 0 Å². The highest BCUT2D eigenvalue weighted by atomic mass is 16.5. The summed E-state index contributed by atoms with van der Waals surface area (Å²) in [7, 11) is 4.60. The quantitative estimate of drug-likeness (QED) is 0.387. The molecule has 33 heavy (non-hydrogen) atoms. The minimum atomic E-state index is -0.445. The largest absolute Gasteiger partial charge is 0.497 e. The molecule has 0 amide bonds. The number of carbonyl (C=O) groups excluding carboxylic acids is 1. The van der Waals surface area contributed by atoms with Crippen LogP contribution in [0.3, 0.4) is 0 Å². The van der Waals surface area contributed by atoms with E-state index in [0.29, 0.717) is 17.2 Å². The van der Waals surface area contributed by atoms with Crippen LogP contribution in [0.25, 0.3) is 22.5 Å². The third-order valence-corrected chi connectivity index (χ3v) is 5.08. The Hall–Kier alpha value is -4.39. The lowest BCUT2D eigenvalue weighted by molar-refractivity contribution is 0.0602. The van der Waals surface area contributed by atoms with Gasteiger partial charge >= 0.3 is 5.97 Å². The molecule has 0 unspecified atom stereocenters. The maximum absolute atomic E-state index is 12.2. The van der Waals surface area contributed by atoms with Gasteiger partial charge in [-0.05, 0) is 66.7 Å². The maximum Gasteiger partial charge on any atom is 0.339 e. The number of nitrogens with zero attached hydrogens (tertiary/aromatic N) is 2. The van der Waals surface area contributed by atoms with Crippen molar-refractivity contribution < 1.29 is 19.0 Å². The number of rotatable bonds is 7. The van der Waals surface area contributed by atoms with Gasteiger partial charge in [-0.2, -0.15) is 0 Å². The number of aromatic nitrogens is 2. The van der Waals surface area contributed by atoms with E-state index in [1.807, 2.05) is 60.7 Å². The maximum atomic E-state index is 12.2. The number of hydrogen-bond acceptors (Lipinski definition) is 7. The number of methoxy groups -OCH3 is 3. The number of benzene rings is 3. The number of ether oxygens (including phenoxy) is 3. The molecule has 1 aromatic heterocycles. The molecular formula is C26H23N3O4. The third kappa shape index (κ3) is 4.93. The second-order valence-electron chi connectivity index (χ2n) is 7.08. The zero-order chi connectivity index (χ0) is 23.2. The van der Waals surface area contributed by atoms with Crippen LogP contribution in [0.2, 0.25) is 0 Å². The van der Waals surface area contributed by atoms with Gasteiger partial charge in [-0.1, -0.05) is 12.1 Å². The van der Waals surface area contributed by atoms with Crippen molar-refractivity contribution in [3.63, 3.8) is 0 Å². The Bertz CT molecular complexity index is 1190. The molecule has 7 heteroatoms. The average molecular weight is 441 g/mol. The molecule has 7 nitrogen and oxygen atoms in total. The molecule has 3 aromatic carbocycles. The summed E-state index contributed by atoms with van der Waals surface area (Å²) >= 11 is 0. The van der Waals surface area contributed by atoms with Gasteiger partial charge < -0.3 is 19.5 Å². The van der Waals surface area contributed by atoms with Crippen molar-refractivity contribution in [2.75, 3.05) is 26.6 Å². The van der Waals surface area contributed by atoms with Crippen molar-refractivity contribution in [1.29, 1.82) is 0 Å². The average Bonchev–Trinajstić information content (AvgIpc) is 2.88. The van der Waals surface area contributed by atoms with Crippen LogP contribution in [-0.2, 0) is 4.74 Å². The van der Waals surface area contributed by atoms with E-state index in [0.717, 1.165) is 34.0 Å². The molecule has 0 atom stereocenters. The summed E-state index contributed by atoms with van der Waals surface area (Å²) in [4.78, 5) is 21.6. The van der Waals surface area contributed by atoms with Crippen molar-refractivity contribution in [3.8, 4) is 34.0 Å². The molecule has 0 aliphatic carbocycles. The fourth-order valence-corrected chi connectivity index (χ4v) is 3.32. The zero-order valence-electron chi connectivity index (χ0n) is 18.5. The van der Waals surface area contributed by atoms with E-state index < -0.39 is 5.97 Å². The summed E-state index contributed by atoms with van der Waals surface area (Å²) < 4.78 is 15.4. The number of nitrogens with one attached hydrogen (secondary N) is 1. The molecule has 4 rings (SSSR count). The number of hydrogen-bond donors (Lipinski definition) is 1. The predicted octanol–water partition coefficient (Wildman–Crippen LogP) is 5.36. The van der Waals surface area contributed by atoms with E-state index in [2.05, 4.69) is 5.32 Å². The van der Waals surface area contributed by atoms with E-state index in [1.54, 1.807) is 32.4 Å². The molecule has 0 radical (unpaired) electrons. The second-order valence-corrected chi connectivity index (χ2v) is 7.08. The van der Waals surface area contributed by atoms with Gasteiger partial charge in [0.2, 0.25) is 5.95 Å². The molecular weight excluding hydrogens is 418 g/mol. The Morgan fingerprint density at radius 1 is 0.727 bits per heavy atom. The first kappa shape index (κ1) is 21.8. The molecule has 4 aromatic rings. The Kier molecular flexibility index (Phi) is 6.50. The highest BCUT2D eigenvalue weighted by Crippen LogP contribution is 2.29. The van der Waals surface area contributed by atoms with Crippen molar-refractivity contribution in [1.82, 2.24) is 9.97 Å². The van der Waals surface area contributed by atoms with Crippen molar-refractivity contribution >= 4 is 17.6 Å². The molecule has 0 bridgehead atoms. The van der Waals surface area contributed by atoms with Crippen molar-refractivity contribution in [3.05, 3.63) is 84.4 Å². The Balaban J connectivity index is 1.79. The van der Waals surface area contributed by atoms with Crippen LogP contribution in [0.4, 0.5) is 11.6 Å². The standard InChI is InChI=1S/C26H23N3O4/c1-31-19-12-8-17(9-13-19)23-16-24(18-10-14-20(32-2)15-11-18)29-26(28-23)27-22-7-5-4-6-21(22)25(30)33-3/h4-16H,1-3H3,(H,27,28,29). The van der Waals surface area contributed by atoms with Gasteiger partial charge in [0.1, 0.15) is 11.5 Å². The molecule has 0 saturated carbocycles. The second kappa shape index (κ2) is 9.82. The summed E-state index contributed by atoms with van der Waals surface area (Å²) in [6.45, 7) is 0. The van der Waals surface area contributed by atoms with E-state index >= 15 is 0 Å². The van der Waals surface area contributed by atoms with E-state index in [1.165, 1.54) is 7.11 Å². The van der Waals surface area contributed by atoms with Crippen LogP contribution in [0, 0.1) is 0 Å². The summed E-state index contributed by atoms with van der Waals surface area (Å²) in [5.41, 5.74) is 4.18. The van der Waals surface area contributed by atoms with Crippen LogP contribution in [0.1, 0.15) is 10.4 Å². The minimum Gasteiger partial charge on any atom is -0.497 e. The van der Waals surface area contributed by atoms with Crippen LogP contribution < -0.4 is 14.8 Å². The monoisotopic (exact) mass is 441 g/mol. The number of carbonyl (C=O) groups is 1. The number of anilines is 2. The topological polar surface area (TPSA) is 82.6 Å². The van der Waals surface area contributed by atoms with Crippen LogP contribution in [-0.4, -0.2) is 37.3 Å². The Morgan fingerprint density at radius 3 is 1.73 bits per heavy atom. The van der Waals surface area contributed by atoms with Gasteiger partial charge in [-0.3, -0.25) is 0 Å². The number of esters is 1. The first-order valence-electron chi connectivity index (χ1n) is 10.2. The van der Waals surface area contributed by atoms with Crippen LogP contribution >= 0.6 is 0 Å². The molecule has 0 aliphatic heterocycles. The molecule has 1 N–H and O–H groups in total. The van der Waals surface area contributed by atoms with Gasteiger partial charge in [-0.25, -0.2) is 14.8 Å². The fraction of sp³-hybridized carbons (Fsp3) is 0.115. The normalized spacial score (nSPS) is 10.4. The molecule has 0 fully saturated rings. The summed E-state index contributed by atoms with van der Waals surface area (Å²) in [6, 6.07) is 24.2. The Morgan fingerprint density at radius 2 is 1.24 bits per heavy atom. The molecule has 0 spiro atoms. The lowest BCUT2D eigenvalue weighted by Gasteiger charge is -2.13. The summed E-state index contributed by atoms with van der Waals surface area (Å²) in [5.74, 6) is 1.42. The summed E-state index contributed by atoms with van der Waals surface area (Å²) in [5, 5.41) is 3.18. The highest BCUT2D eigenvalue weighted by Gasteiger charge is 2.14. The SMILES string of the molecule is COC(=O)c1ccccc1Nc1nc(-c2ccc(OC)cc2)cc(-c2ccc(OC)cc2)n1. The molecule has 1 heterocycles. The molecule has 0 saturated heterocycles. The first-order chi connectivity index (χ1) is 16.1. The number of para-hydroxylation sites is 1. The van der Waals surface area contributed by atoms with Gasteiger partial charge in [0.15, 0.2) is 0 Å². The fourth-order valence-electron chi connectivity index (χ4n) is 3.32. The van der Waals surface area contributed by atoms with Crippen molar-refractivity contribution in [2.24, 2.45) is 0 Å². The van der Waals surface area contributed by atoms with Crippen LogP contribution in [0.15, 0.2) is 78.9 Å². The predicted molar refractivity (Wildman–Crippen MR) is 127 cm³/mol. The minimum absolute atomic E-state index is 0.352. The Labute approximate surface area is 192 Å². The van der Waals surface area contributed by atoms with Crippen molar-refractivity contribution in [2.45, 2.75) is 0 Å². The van der Waals surface area contributed by atoms with E-state index in [-0.39, 0.29) is 0 Å². The lowest BCUT2D eigenvalue weighted by Crippen LogP contribution is -2.07. The third-order valence-electron chi connectivity index (χ3n) is 5.08. The van der Waals surface area contributed by atoms with E-state index in [9.17, 15) is 4.79 Å². The highest BCUT2D eigenvalue weighted by molar-refractivity contribution is 5.96. The smallest absolute Gasteiger partial charge is 0.339 e. The van der Waals surface area contributed by atoms with Crippen LogP contribution in [0.5, 0.6) is 11.5 Å². The van der Waals surface area contributed by atoms with Gasteiger partial charge in [-0.15, -0.1) is 0 Å². The van der Waals surface area contributed by atoms with Gasteiger partial charge in [0.05, 0.1) is 44.0 Å². The molecule has 0 aliphatic rings. The van der Waals surface area contributed by atoms with Gasteiger partial charge in [0, 0.05) is 11.1 Å².